The second-order valence-corrected chi connectivity index (χ2v) is 5.61. The van der Waals surface area contributed by atoms with Gasteiger partial charge in [0.15, 0.2) is 0 Å². The molecule has 66 valence electrons. The van der Waals surface area contributed by atoms with Crippen LogP contribution in [0.1, 0.15) is 46.0 Å². The van der Waals surface area contributed by atoms with E-state index in [1.165, 1.54) is 32.1 Å². The second-order valence-electron chi connectivity index (χ2n) is 3.85. The molecule has 11 heavy (non-hydrogen) atoms. The Hall–Kier alpha value is 0.730. The predicted molar refractivity (Wildman–Crippen MR) is 59.2 cm³/mol. The van der Waals surface area contributed by atoms with Crippen LogP contribution in [-0.4, -0.2) is 3.92 Å². The quantitative estimate of drug-likeness (QED) is 0.523. The summed E-state index contributed by atoms with van der Waals surface area (Å²) in [6, 6.07) is 0. The van der Waals surface area contributed by atoms with Crippen LogP contribution in [0.3, 0.4) is 0 Å². The third-order valence-corrected chi connectivity index (χ3v) is 4.02. The van der Waals surface area contributed by atoms with E-state index < -0.39 is 0 Å². The molecular formula is C10H19I. The van der Waals surface area contributed by atoms with E-state index in [2.05, 4.69) is 36.4 Å². The molecule has 0 bridgehead atoms. The van der Waals surface area contributed by atoms with Gasteiger partial charge in [-0.15, -0.1) is 0 Å². The first kappa shape index (κ1) is 9.82. The van der Waals surface area contributed by atoms with Gasteiger partial charge in [0.2, 0.25) is 0 Å². The normalized spacial score (nSPS) is 39.0. The number of hydrogen-bond acceptors (Lipinski definition) is 0. The number of alkyl halides is 1. The molecule has 0 radical (unpaired) electrons. The van der Waals surface area contributed by atoms with Crippen LogP contribution in [0.4, 0.5) is 0 Å². The van der Waals surface area contributed by atoms with E-state index in [0.29, 0.717) is 0 Å². The molecule has 1 aliphatic rings. The van der Waals surface area contributed by atoms with Crippen molar-refractivity contribution in [3.63, 3.8) is 0 Å². The Morgan fingerprint density at radius 1 is 1.00 bits per heavy atom. The molecule has 0 aromatic carbocycles. The largest absolute Gasteiger partial charge is 0.0826 e. The average molecular weight is 266 g/mol. The minimum absolute atomic E-state index is 0.969. The van der Waals surface area contributed by atoms with Crippen LogP contribution in [-0.2, 0) is 0 Å². The van der Waals surface area contributed by atoms with Gasteiger partial charge in [-0.1, -0.05) is 49.3 Å². The molecule has 0 nitrogen and oxygen atoms in total. The smallest absolute Gasteiger partial charge is 0.0115 e. The molecule has 1 saturated carbocycles. The summed E-state index contributed by atoms with van der Waals surface area (Å²) in [5.41, 5.74) is 0. The van der Waals surface area contributed by atoms with Crippen molar-refractivity contribution in [3.05, 3.63) is 0 Å². The maximum Gasteiger partial charge on any atom is 0.0115 e. The summed E-state index contributed by atoms with van der Waals surface area (Å²) >= 11 is 2.63. The average Bonchev–Trinajstić information content (AvgIpc) is 2.03. The van der Waals surface area contributed by atoms with Crippen molar-refractivity contribution in [3.8, 4) is 0 Å². The van der Waals surface area contributed by atoms with E-state index in [0.717, 1.165) is 15.8 Å². The minimum atomic E-state index is 0.969. The van der Waals surface area contributed by atoms with Crippen molar-refractivity contribution in [1.82, 2.24) is 0 Å². The van der Waals surface area contributed by atoms with Crippen LogP contribution in [0.25, 0.3) is 0 Å². The third-order valence-electron chi connectivity index (χ3n) is 3.00. The van der Waals surface area contributed by atoms with Gasteiger partial charge in [-0.2, -0.15) is 0 Å². The standard InChI is InChI=1S/C10H19I/c1-3-8-5-9(4-2)7-10(11)6-8/h8-10H,3-7H2,1-2H3. The van der Waals surface area contributed by atoms with Crippen molar-refractivity contribution >= 4 is 22.6 Å². The van der Waals surface area contributed by atoms with E-state index >= 15 is 0 Å². The Bertz CT molecular complexity index is 99.4. The van der Waals surface area contributed by atoms with E-state index in [1.807, 2.05) is 0 Å². The Kier molecular flexibility index (Phi) is 4.18. The number of halogens is 1. The summed E-state index contributed by atoms with van der Waals surface area (Å²) < 4.78 is 0.969. The lowest BCUT2D eigenvalue weighted by atomic mass is 9.79. The number of rotatable bonds is 2. The molecule has 2 unspecified atom stereocenters. The zero-order valence-electron chi connectivity index (χ0n) is 7.65. The first-order valence-electron chi connectivity index (χ1n) is 4.90. The Balaban J connectivity index is 2.37. The highest BCUT2D eigenvalue weighted by Crippen LogP contribution is 2.36. The van der Waals surface area contributed by atoms with Crippen molar-refractivity contribution in [2.24, 2.45) is 11.8 Å². The molecule has 1 aliphatic carbocycles. The monoisotopic (exact) mass is 266 g/mol. The predicted octanol–water partition coefficient (Wildman–Crippen LogP) is 4.03. The van der Waals surface area contributed by atoms with Gasteiger partial charge in [-0.25, -0.2) is 0 Å². The van der Waals surface area contributed by atoms with Gasteiger partial charge in [0.1, 0.15) is 0 Å². The molecule has 2 atom stereocenters. The van der Waals surface area contributed by atoms with Gasteiger partial charge in [-0.3, -0.25) is 0 Å². The molecule has 0 aliphatic heterocycles. The molecule has 0 N–H and O–H groups in total. The summed E-state index contributed by atoms with van der Waals surface area (Å²) in [7, 11) is 0. The Morgan fingerprint density at radius 3 is 1.82 bits per heavy atom. The highest BCUT2D eigenvalue weighted by atomic mass is 127. The lowest BCUT2D eigenvalue weighted by Crippen LogP contribution is -2.21. The molecule has 0 aromatic rings. The summed E-state index contributed by atoms with van der Waals surface area (Å²) in [6.45, 7) is 4.68. The molecule has 0 spiro atoms. The first-order valence-corrected chi connectivity index (χ1v) is 6.14. The van der Waals surface area contributed by atoms with Crippen LogP contribution in [0, 0.1) is 11.8 Å². The lowest BCUT2D eigenvalue weighted by Gasteiger charge is -2.31. The fourth-order valence-corrected chi connectivity index (χ4v) is 3.59. The van der Waals surface area contributed by atoms with E-state index in [1.54, 1.807) is 0 Å². The molecule has 0 saturated heterocycles. The molecule has 0 aromatic heterocycles. The van der Waals surface area contributed by atoms with Gasteiger partial charge in [-0.05, 0) is 31.1 Å². The SMILES string of the molecule is CCC1CC(I)CC(CC)C1. The lowest BCUT2D eigenvalue weighted by molar-refractivity contribution is 0.267. The van der Waals surface area contributed by atoms with E-state index in [-0.39, 0.29) is 0 Å². The first-order chi connectivity index (χ1) is 5.26. The summed E-state index contributed by atoms with van der Waals surface area (Å²) in [6.07, 6.45) is 7.26. The van der Waals surface area contributed by atoms with Crippen LogP contribution < -0.4 is 0 Å². The second kappa shape index (κ2) is 4.68. The van der Waals surface area contributed by atoms with Gasteiger partial charge >= 0.3 is 0 Å². The highest BCUT2D eigenvalue weighted by molar-refractivity contribution is 14.1. The van der Waals surface area contributed by atoms with Crippen molar-refractivity contribution in [1.29, 1.82) is 0 Å². The zero-order chi connectivity index (χ0) is 8.27. The van der Waals surface area contributed by atoms with Gasteiger partial charge < -0.3 is 0 Å². The van der Waals surface area contributed by atoms with Crippen LogP contribution >= 0.6 is 22.6 Å². The van der Waals surface area contributed by atoms with Crippen LogP contribution in [0.15, 0.2) is 0 Å². The molecule has 0 amide bonds. The summed E-state index contributed by atoms with van der Waals surface area (Å²) in [4.78, 5) is 0. The maximum atomic E-state index is 2.63. The van der Waals surface area contributed by atoms with E-state index in [9.17, 15) is 0 Å². The van der Waals surface area contributed by atoms with Gasteiger partial charge in [0.25, 0.3) is 0 Å². The van der Waals surface area contributed by atoms with Crippen LogP contribution in [0.5, 0.6) is 0 Å². The molecular weight excluding hydrogens is 247 g/mol. The Morgan fingerprint density at radius 2 is 1.45 bits per heavy atom. The van der Waals surface area contributed by atoms with Crippen molar-refractivity contribution < 1.29 is 0 Å². The highest BCUT2D eigenvalue weighted by Gasteiger charge is 2.24. The zero-order valence-corrected chi connectivity index (χ0v) is 9.80. The fraction of sp³-hybridized carbons (Fsp3) is 1.00. The fourth-order valence-electron chi connectivity index (χ4n) is 2.15. The molecule has 0 heterocycles. The molecule has 1 heteroatoms. The van der Waals surface area contributed by atoms with Crippen molar-refractivity contribution in [2.45, 2.75) is 49.9 Å². The van der Waals surface area contributed by atoms with Gasteiger partial charge in [0, 0.05) is 3.92 Å². The molecule has 1 fully saturated rings. The van der Waals surface area contributed by atoms with E-state index in [4.69, 9.17) is 0 Å². The summed E-state index contributed by atoms with van der Waals surface area (Å²) in [5.74, 6) is 2.08. The topological polar surface area (TPSA) is 0 Å². The third kappa shape index (κ3) is 2.92. The molecule has 1 rings (SSSR count). The minimum Gasteiger partial charge on any atom is -0.0826 e. The summed E-state index contributed by atoms with van der Waals surface area (Å²) in [5, 5.41) is 0. The number of hydrogen-bond donors (Lipinski definition) is 0. The Labute approximate surface area is 84.3 Å². The maximum absolute atomic E-state index is 2.63. The van der Waals surface area contributed by atoms with Crippen molar-refractivity contribution in [2.75, 3.05) is 0 Å². The van der Waals surface area contributed by atoms with Crippen LogP contribution in [0.2, 0.25) is 0 Å². The van der Waals surface area contributed by atoms with Gasteiger partial charge in [0.05, 0.1) is 0 Å².